The fourth-order valence-electron chi connectivity index (χ4n) is 3.19. The van der Waals surface area contributed by atoms with Crippen LogP contribution in [0.5, 0.6) is 0 Å². The lowest BCUT2D eigenvalue weighted by atomic mass is 9.96. The van der Waals surface area contributed by atoms with Crippen molar-refractivity contribution in [1.82, 2.24) is 4.98 Å². The Bertz CT molecular complexity index is 811. The van der Waals surface area contributed by atoms with Crippen molar-refractivity contribution in [2.24, 2.45) is 0 Å². The van der Waals surface area contributed by atoms with Crippen LogP contribution in [0.3, 0.4) is 0 Å². The van der Waals surface area contributed by atoms with Gasteiger partial charge < -0.3 is 4.74 Å². The molecule has 0 N–H and O–H groups in total. The van der Waals surface area contributed by atoms with Gasteiger partial charge in [0.25, 0.3) is 0 Å². The second-order valence-corrected chi connectivity index (χ2v) is 6.28. The lowest BCUT2D eigenvalue weighted by molar-refractivity contribution is 0.0519. The predicted octanol–water partition coefficient (Wildman–Crippen LogP) is 5.31. The largest absolute Gasteiger partial charge is 0.461 e. The zero-order valence-corrected chi connectivity index (χ0v) is 14.7. The van der Waals surface area contributed by atoms with Gasteiger partial charge in [0, 0.05) is 0 Å². The maximum absolute atomic E-state index is 12.1. The van der Waals surface area contributed by atoms with Crippen LogP contribution in [0.15, 0.2) is 36.4 Å². The topological polar surface area (TPSA) is 39.2 Å². The molecule has 0 aliphatic heterocycles. The summed E-state index contributed by atoms with van der Waals surface area (Å²) in [5.74, 6) is -0.472. The lowest BCUT2D eigenvalue weighted by Gasteiger charge is -2.12. The maximum atomic E-state index is 12.1. The van der Waals surface area contributed by atoms with E-state index in [1.165, 1.54) is 22.3 Å². The van der Waals surface area contributed by atoms with Gasteiger partial charge in [-0.1, -0.05) is 35.9 Å². The molecule has 0 fully saturated rings. The third kappa shape index (κ3) is 3.22. The Balaban J connectivity index is 2.07. The average molecular weight is 342 g/mol. The molecule has 1 aromatic carbocycles. The van der Waals surface area contributed by atoms with Crippen LogP contribution in [0.2, 0.25) is 5.02 Å². The molecule has 0 unspecified atom stereocenters. The van der Waals surface area contributed by atoms with E-state index in [9.17, 15) is 4.79 Å². The molecule has 1 aromatic heterocycles. The Morgan fingerprint density at radius 3 is 2.67 bits per heavy atom. The number of esters is 1. The van der Waals surface area contributed by atoms with E-state index in [2.05, 4.69) is 30.1 Å². The third-order valence-electron chi connectivity index (χ3n) is 4.31. The second-order valence-electron chi connectivity index (χ2n) is 5.87. The number of rotatable bonds is 4. The van der Waals surface area contributed by atoms with Gasteiger partial charge in [-0.15, -0.1) is 0 Å². The van der Waals surface area contributed by atoms with Crippen LogP contribution >= 0.6 is 11.6 Å². The van der Waals surface area contributed by atoms with E-state index < -0.39 is 5.97 Å². The van der Waals surface area contributed by atoms with Crippen LogP contribution in [0.25, 0.3) is 11.1 Å². The van der Waals surface area contributed by atoms with Crippen molar-refractivity contribution in [3.8, 4) is 0 Å². The number of allylic oxidation sites excluding steroid dienone is 2. The number of halogens is 1. The van der Waals surface area contributed by atoms with Crippen molar-refractivity contribution < 1.29 is 9.53 Å². The Kier molecular flexibility index (Phi) is 5.00. The van der Waals surface area contributed by atoms with Gasteiger partial charge in [-0.05, 0) is 67.5 Å². The van der Waals surface area contributed by atoms with E-state index in [1.807, 2.05) is 12.1 Å². The zero-order chi connectivity index (χ0) is 17.1. The number of ether oxygens (including phenoxy) is 1. The number of hydrogen-bond acceptors (Lipinski definition) is 3. The molecule has 124 valence electrons. The summed E-state index contributed by atoms with van der Waals surface area (Å²) < 4.78 is 5.06. The highest BCUT2D eigenvalue weighted by molar-refractivity contribution is 6.33. The fraction of sp³-hybridized carbons (Fsp3) is 0.300. The first-order valence-corrected chi connectivity index (χ1v) is 8.61. The van der Waals surface area contributed by atoms with Crippen LogP contribution in [-0.2, 0) is 4.74 Å². The molecule has 24 heavy (non-hydrogen) atoms. The smallest absolute Gasteiger partial charge is 0.358 e. The van der Waals surface area contributed by atoms with E-state index in [0.717, 1.165) is 25.0 Å². The summed E-state index contributed by atoms with van der Waals surface area (Å²) in [5.41, 5.74) is 6.05. The quantitative estimate of drug-likeness (QED) is 0.707. The van der Waals surface area contributed by atoms with Crippen molar-refractivity contribution >= 4 is 28.7 Å². The second kappa shape index (κ2) is 7.18. The van der Waals surface area contributed by atoms with Gasteiger partial charge in [0.05, 0.1) is 17.3 Å². The summed E-state index contributed by atoms with van der Waals surface area (Å²) in [6.07, 6.45) is 3.08. The summed E-state index contributed by atoms with van der Waals surface area (Å²) in [6.45, 7) is 4.20. The molecule has 1 heterocycles. The lowest BCUT2D eigenvalue weighted by Crippen LogP contribution is -2.09. The molecule has 0 bridgehead atoms. The molecule has 3 rings (SSSR count). The SMILES string of the molecule is CCOC(=O)c1nc(C2=C(c3ccccc3C)CCC2)ccc1Cl. The van der Waals surface area contributed by atoms with Gasteiger partial charge in [-0.25, -0.2) is 9.78 Å². The highest BCUT2D eigenvalue weighted by Crippen LogP contribution is 2.40. The Morgan fingerprint density at radius 1 is 1.17 bits per heavy atom. The predicted molar refractivity (Wildman–Crippen MR) is 97.0 cm³/mol. The standard InChI is InChI=1S/C20H20ClNO2/c1-3-24-20(23)19-17(21)11-12-18(22-19)16-10-6-9-15(16)14-8-5-4-7-13(14)2/h4-5,7-8,11-12H,3,6,9-10H2,1-2H3. The van der Waals surface area contributed by atoms with Crippen LogP contribution < -0.4 is 0 Å². The third-order valence-corrected chi connectivity index (χ3v) is 4.62. The van der Waals surface area contributed by atoms with Crippen LogP contribution in [-0.4, -0.2) is 17.6 Å². The highest BCUT2D eigenvalue weighted by atomic mass is 35.5. The van der Waals surface area contributed by atoms with Crippen molar-refractivity contribution in [1.29, 1.82) is 0 Å². The fourth-order valence-corrected chi connectivity index (χ4v) is 3.37. The molecule has 1 aliphatic carbocycles. The highest BCUT2D eigenvalue weighted by Gasteiger charge is 2.22. The van der Waals surface area contributed by atoms with E-state index in [0.29, 0.717) is 11.6 Å². The minimum atomic E-state index is -0.472. The van der Waals surface area contributed by atoms with Crippen LogP contribution in [0.4, 0.5) is 0 Å². The van der Waals surface area contributed by atoms with E-state index >= 15 is 0 Å². The Labute approximate surface area is 147 Å². The number of aryl methyl sites for hydroxylation is 1. The normalized spacial score (nSPS) is 14.1. The Hall–Kier alpha value is -2.13. The van der Waals surface area contributed by atoms with Gasteiger partial charge in [-0.2, -0.15) is 0 Å². The first-order chi connectivity index (χ1) is 11.6. The molecule has 0 amide bonds. The van der Waals surface area contributed by atoms with Crippen molar-refractivity contribution in [3.05, 3.63) is 63.9 Å². The molecule has 0 saturated heterocycles. The molecule has 0 radical (unpaired) electrons. The molecular formula is C20H20ClNO2. The van der Waals surface area contributed by atoms with Gasteiger partial charge in [0.1, 0.15) is 0 Å². The summed E-state index contributed by atoms with van der Waals surface area (Å²) >= 11 is 6.13. The summed E-state index contributed by atoms with van der Waals surface area (Å²) in [6, 6.07) is 12.0. The average Bonchev–Trinajstić information content (AvgIpc) is 3.05. The van der Waals surface area contributed by atoms with Gasteiger partial charge in [-0.3, -0.25) is 0 Å². The molecule has 4 heteroatoms. The molecule has 3 nitrogen and oxygen atoms in total. The monoisotopic (exact) mass is 341 g/mol. The summed E-state index contributed by atoms with van der Waals surface area (Å²) in [4.78, 5) is 16.6. The molecule has 1 aliphatic rings. The summed E-state index contributed by atoms with van der Waals surface area (Å²) in [7, 11) is 0. The number of aromatic nitrogens is 1. The number of benzene rings is 1. The molecule has 2 aromatic rings. The Morgan fingerprint density at radius 2 is 1.92 bits per heavy atom. The number of hydrogen-bond donors (Lipinski definition) is 0. The minimum Gasteiger partial charge on any atom is -0.461 e. The van der Waals surface area contributed by atoms with Crippen LogP contribution in [0, 0.1) is 6.92 Å². The van der Waals surface area contributed by atoms with Gasteiger partial charge in [0.2, 0.25) is 0 Å². The number of carbonyl (C=O) groups excluding carboxylic acids is 1. The minimum absolute atomic E-state index is 0.194. The van der Waals surface area contributed by atoms with Crippen molar-refractivity contribution in [3.63, 3.8) is 0 Å². The molecule has 0 atom stereocenters. The maximum Gasteiger partial charge on any atom is 0.358 e. The zero-order valence-electron chi connectivity index (χ0n) is 13.9. The first-order valence-electron chi connectivity index (χ1n) is 8.24. The molecular weight excluding hydrogens is 322 g/mol. The first kappa shape index (κ1) is 16.7. The van der Waals surface area contributed by atoms with E-state index in [4.69, 9.17) is 16.3 Å². The number of nitrogens with zero attached hydrogens (tertiary/aromatic N) is 1. The van der Waals surface area contributed by atoms with Crippen LogP contribution in [0.1, 0.15) is 53.5 Å². The van der Waals surface area contributed by atoms with E-state index in [-0.39, 0.29) is 5.69 Å². The van der Waals surface area contributed by atoms with Gasteiger partial charge >= 0.3 is 5.97 Å². The molecule has 0 spiro atoms. The number of carbonyl (C=O) groups is 1. The molecule has 0 saturated carbocycles. The van der Waals surface area contributed by atoms with Crippen molar-refractivity contribution in [2.45, 2.75) is 33.1 Å². The van der Waals surface area contributed by atoms with Crippen molar-refractivity contribution in [2.75, 3.05) is 6.61 Å². The van der Waals surface area contributed by atoms with Gasteiger partial charge in [0.15, 0.2) is 5.69 Å². The number of pyridine rings is 1. The van der Waals surface area contributed by atoms with E-state index in [1.54, 1.807) is 13.0 Å². The summed E-state index contributed by atoms with van der Waals surface area (Å²) in [5, 5.41) is 0.327.